The molecule has 2 amide bonds. The maximum atomic E-state index is 12.5. The molecule has 0 saturated heterocycles. The summed E-state index contributed by atoms with van der Waals surface area (Å²) < 4.78 is 5.12. The quantitative estimate of drug-likeness (QED) is 0.694. The third-order valence-corrected chi connectivity index (χ3v) is 4.68. The van der Waals surface area contributed by atoms with Crippen molar-refractivity contribution in [3.8, 4) is 5.75 Å². The normalized spacial score (nSPS) is 10.2. The summed E-state index contributed by atoms with van der Waals surface area (Å²) in [6, 6.07) is 18.1. The first-order valence-corrected chi connectivity index (χ1v) is 8.90. The Balaban J connectivity index is 1.63. The molecule has 0 unspecified atom stereocenters. The van der Waals surface area contributed by atoms with Gasteiger partial charge in [-0.25, -0.2) is 0 Å². The third-order valence-electron chi connectivity index (χ3n) is 3.77. The number of hydrogen-bond acceptors (Lipinski definition) is 4. The molecule has 5 nitrogen and oxygen atoms in total. The van der Waals surface area contributed by atoms with E-state index in [0.717, 1.165) is 11.3 Å². The molecule has 132 valence electrons. The summed E-state index contributed by atoms with van der Waals surface area (Å²) in [6.45, 7) is 0.396. The molecule has 26 heavy (non-hydrogen) atoms. The van der Waals surface area contributed by atoms with Crippen LogP contribution in [0.3, 0.4) is 0 Å². The first-order valence-electron chi connectivity index (χ1n) is 8.02. The van der Waals surface area contributed by atoms with Crippen LogP contribution in [0.1, 0.15) is 25.6 Å². The number of methoxy groups -OCH3 is 1. The molecule has 0 aliphatic heterocycles. The molecular formula is C20H18N2O3S. The molecule has 0 aliphatic carbocycles. The summed E-state index contributed by atoms with van der Waals surface area (Å²) in [6.07, 6.45) is 0. The molecule has 0 bridgehead atoms. The summed E-state index contributed by atoms with van der Waals surface area (Å²) in [4.78, 5) is 25.2. The van der Waals surface area contributed by atoms with Crippen LogP contribution in [0.2, 0.25) is 0 Å². The maximum Gasteiger partial charge on any atom is 0.263 e. The Hall–Kier alpha value is -3.12. The molecule has 0 radical (unpaired) electrons. The molecule has 0 saturated carbocycles. The van der Waals surface area contributed by atoms with Gasteiger partial charge in [0, 0.05) is 12.1 Å². The van der Waals surface area contributed by atoms with E-state index in [4.69, 9.17) is 4.74 Å². The summed E-state index contributed by atoms with van der Waals surface area (Å²) >= 11 is 1.29. The monoisotopic (exact) mass is 366 g/mol. The van der Waals surface area contributed by atoms with Crippen LogP contribution in [0.25, 0.3) is 0 Å². The summed E-state index contributed by atoms with van der Waals surface area (Å²) in [7, 11) is 1.61. The lowest BCUT2D eigenvalue weighted by Crippen LogP contribution is -2.23. The second-order valence-corrected chi connectivity index (χ2v) is 6.43. The van der Waals surface area contributed by atoms with Crippen molar-refractivity contribution in [3.05, 3.63) is 82.0 Å². The van der Waals surface area contributed by atoms with Crippen molar-refractivity contribution < 1.29 is 14.3 Å². The minimum Gasteiger partial charge on any atom is -0.497 e. The fraction of sp³-hybridized carbons (Fsp3) is 0.100. The van der Waals surface area contributed by atoms with Gasteiger partial charge in [0.05, 0.1) is 12.8 Å². The van der Waals surface area contributed by atoms with Gasteiger partial charge in [0.1, 0.15) is 10.6 Å². The van der Waals surface area contributed by atoms with Gasteiger partial charge >= 0.3 is 0 Å². The summed E-state index contributed by atoms with van der Waals surface area (Å²) in [5, 5.41) is 7.45. The average Bonchev–Trinajstić information content (AvgIpc) is 3.15. The Kier molecular flexibility index (Phi) is 5.66. The Morgan fingerprint density at radius 3 is 2.38 bits per heavy atom. The molecule has 2 aromatic carbocycles. The van der Waals surface area contributed by atoms with E-state index in [0.29, 0.717) is 22.7 Å². The molecule has 3 aromatic rings. The second kappa shape index (κ2) is 8.31. The number of nitrogens with one attached hydrogen (secondary N) is 2. The zero-order valence-electron chi connectivity index (χ0n) is 14.2. The molecule has 0 fully saturated rings. The van der Waals surface area contributed by atoms with Gasteiger partial charge in [0.25, 0.3) is 11.8 Å². The van der Waals surface area contributed by atoms with Crippen LogP contribution in [-0.2, 0) is 6.54 Å². The number of benzene rings is 2. The van der Waals surface area contributed by atoms with E-state index in [1.165, 1.54) is 11.3 Å². The highest BCUT2D eigenvalue weighted by Crippen LogP contribution is 2.23. The lowest BCUT2D eigenvalue weighted by molar-refractivity contribution is 0.0956. The SMILES string of the molecule is COc1ccc(CNC(=O)c2sccc2NC(=O)c2ccccc2)cc1. The van der Waals surface area contributed by atoms with Crippen molar-refractivity contribution in [3.63, 3.8) is 0 Å². The first-order chi connectivity index (χ1) is 12.7. The van der Waals surface area contributed by atoms with Crippen molar-refractivity contribution in [2.45, 2.75) is 6.54 Å². The van der Waals surface area contributed by atoms with Crippen LogP contribution in [-0.4, -0.2) is 18.9 Å². The zero-order valence-corrected chi connectivity index (χ0v) is 15.0. The average molecular weight is 366 g/mol. The second-order valence-electron chi connectivity index (χ2n) is 5.51. The van der Waals surface area contributed by atoms with Gasteiger partial charge in [-0.3, -0.25) is 9.59 Å². The van der Waals surface area contributed by atoms with Gasteiger partial charge < -0.3 is 15.4 Å². The lowest BCUT2D eigenvalue weighted by Gasteiger charge is -2.08. The van der Waals surface area contributed by atoms with Gasteiger partial charge in [-0.15, -0.1) is 11.3 Å². The molecule has 3 rings (SSSR count). The maximum absolute atomic E-state index is 12.5. The first kappa shape index (κ1) is 17.7. The lowest BCUT2D eigenvalue weighted by atomic mass is 10.2. The number of rotatable bonds is 6. The van der Waals surface area contributed by atoms with Gasteiger partial charge in [-0.2, -0.15) is 0 Å². The minimum atomic E-state index is -0.242. The third kappa shape index (κ3) is 4.29. The fourth-order valence-electron chi connectivity index (χ4n) is 2.37. The van der Waals surface area contributed by atoms with Crippen molar-refractivity contribution in [2.24, 2.45) is 0 Å². The Bertz CT molecular complexity index is 889. The molecule has 0 aliphatic rings. The number of carbonyl (C=O) groups excluding carboxylic acids is 2. The van der Waals surface area contributed by atoms with Crippen LogP contribution < -0.4 is 15.4 Å². The fourth-order valence-corrected chi connectivity index (χ4v) is 3.14. The van der Waals surface area contributed by atoms with E-state index in [2.05, 4.69) is 10.6 Å². The van der Waals surface area contributed by atoms with E-state index in [1.807, 2.05) is 30.3 Å². The number of thiophene rings is 1. The van der Waals surface area contributed by atoms with E-state index in [1.54, 1.807) is 42.8 Å². The molecule has 6 heteroatoms. The number of carbonyl (C=O) groups is 2. The minimum absolute atomic E-state index is 0.223. The van der Waals surface area contributed by atoms with Gasteiger partial charge in [-0.05, 0) is 41.3 Å². The summed E-state index contributed by atoms with van der Waals surface area (Å²) in [5.74, 6) is 0.302. The molecule has 2 N–H and O–H groups in total. The standard InChI is InChI=1S/C20H18N2O3S/c1-25-16-9-7-14(8-10-16)13-21-20(24)18-17(11-12-26-18)22-19(23)15-5-3-2-4-6-15/h2-12H,13H2,1H3,(H,21,24)(H,22,23). The van der Waals surface area contributed by atoms with Crippen LogP contribution in [0.5, 0.6) is 5.75 Å². The van der Waals surface area contributed by atoms with Crippen LogP contribution in [0, 0.1) is 0 Å². The van der Waals surface area contributed by atoms with E-state index < -0.39 is 0 Å². The summed E-state index contributed by atoms with van der Waals surface area (Å²) in [5.41, 5.74) is 2.02. The molecule has 1 aromatic heterocycles. The number of amides is 2. The van der Waals surface area contributed by atoms with E-state index >= 15 is 0 Å². The van der Waals surface area contributed by atoms with Gasteiger partial charge in [-0.1, -0.05) is 30.3 Å². The highest BCUT2D eigenvalue weighted by molar-refractivity contribution is 7.12. The molecule has 0 spiro atoms. The molecule has 0 atom stereocenters. The molecule has 1 heterocycles. The van der Waals surface area contributed by atoms with Crippen molar-refractivity contribution in [1.82, 2.24) is 5.32 Å². The van der Waals surface area contributed by atoms with Gasteiger partial charge in [0.15, 0.2) is 0 Å². The predicted octanol–water partition coefficient (Wildman–Crippen LogP) is 3.94. The van der Waals surface area contributed by atoms with E-state index in [-0.39, 0.29) is 11.8 Å². The van der Waals surface area contributed by atoms with Crippen molar-refractivity contribution >= 4 is 28.8 Å². The smallest absolute Gasteiger partial charge is 0.263 e. The topological polar surface area (TPSA) is 67.4 Å². The highest BCUT2D eigenvalue weighted by Gasteiger charge is 2.15. The Morgan fingerprint density at radius 2 is 1.69 bits per heavy atom. The largest absolute Gasteiger partial charge is 0.497 e. The highest BCUT2D eigenvalue weighted by atomic mass is 32.1. The number of ether oxygens (including phenoxy) is 1. The van der Waals surface area contributed by atoms with Gasteiger partial charge in [0.2, 0.25) is 0 Å². The predicted molar refractivity (Wildman–Crippen MR) is 103 cm³/mol. The number of hydrogen-bond donors (Lipinski definition) is 2. The van der Waals surface area contributed by atoms with Crippen LogP contribution in [0.4, 0.5) is 5.69 Å². The van der Waals surface area contributed by atoms with E-state index in [9.17, 15) is 9.59 Å². The Morgan fingerprint density at radius 1 is 0.962 bits per heavy atom. The zero-order chi connectivity index (χ0) is 18.4. The Labute approximate surface area is 155 Å². The molecular weight excluding hydrogens is 348 g/mol. The van der Waals surface area contributed by atoms with Crippen LogP contribution in [0.15, 0.2) is 66.0 Å². The number of anilines is 1. The van der Waals surface area contributed by atoms with Crippen molar-refractivity contribution in [2.75, 3.05) is 12.4 Å². The van der Waals surface area contributed by atoms with Crippen molar-refractivity contribution in [1.29, 1.82) is 0 Å². The van der Waals surface area contributed by atoms with Crippen LogP contribution >= 0.6 is 11.3 Å².